The molecule has 0 aromatic rings. The molecule has 150 valence electrons. The van der Waals surface area contributed by atoms with Gasteiger partial charge in [-0.25, -0.2) is 4.79 Å². The molecule has 2 fully saturated rings. The highest BCUT2D eigenvalue weighted by molar-refractivity contribution is 8.14. The molecule has 0 saturated carbocycles. The van der Waals surface area contributed by atoms with Crippen LogP contribution in [0.15, 0.2) is 23.8 Å². The van der Waals surface area contributed by atoms with E-state index in [-0.39, 0.29) is 23.7 Å². The summed E-state index contributed by atoms with van der Waals surface area (Å²) < 4.78 is 11.7. The zero-order chi connectivity index (χ0) is 19.4. The van der Waals surface area contributed by atoms with Crippen molar-refractivity contribution >= 4 is 23.0 Å². The first-order valence-electron chi connectivity index (χ1n) is 9.72. The fourth-order valence-corrected chi connectivity index (χ4v) is 4.75. The van der Waals surface area contributed by atoms with Crippen LogP contribution in [0.5, 0.6) is 0 Å². The smallest absolute Gasteiger partial charge is 0.330 e. The summed E-state index contributed by atoms with van der Waals surface area (Å²) in [6, 6.07) is -0.493. The summed E-state index contributed by atoms with van der Waals surface area (Å²) in [6.45, 7) is 4.10. The van der Waals surface area contributed by atoms with Crippen molar-refractivity contribution in [1.29, 1.82) is 0 Å². The Morgan fingerprint density at radius 3 is 2.85 bits per heavy atom. The minimum atomic E-state index is -1.51. The van der Waals surface area contributed by atoms with E-state index < -0.39 is 17.9 Å². The lowest BCUT2D eigenvalue weighted by Gasteiger charge is -2.43. The molecule has 2 bridgehead atoms. The molecular formula is C20H29NO5S. The topological polar surface area (TPSA) is 84.9 Å². The van der Waals surface area contributed by atoms with Gasteiger partial charge in [0.25, 0.3) is 5.24 Å². The molecule has 7 heteroatoms. The second-order valence-corrected chi connectivity index (χ2v) is 8.88. The van der Waals surface area contributed by atoms with Gasteiger partial charge in [0.15, 0.2) is 5.79 Å². The number of fused-ring (bicyclic) bond motifs is 2. The third-order valence-corrected chi connectivity index (χ3v) is 6.28. The average molecular weight is 396 g/mol. The van der Waals surface area contributed by atoms with E-state index in [2.05, 4.69) is 24.4 Å². The Bertz CT molecular complexity index is 634. The van der Waals surface area contributed by atoms with Crippen LogP contribution in [0.3, 0.4) is 0 Å². The van der Waals surface area contributed by atoms with E-state index in [1.807, 2.05) is 6.92 Å². The highest BCUT2D eigenvalue weighted by Crippen LogP contribution is 2.37. The van der Waals surface area contributed by atoms with Crippen molar-refractivity contribution < 1.29 is 24.2 Å². The standard InChI is InChI=1S/C20H29NO5S/c1-13-5-3-4-6-14(2)9-18(22)25-16-10-15(8-7-13)26-20(24,11-16)17-12-27-19(23)21-17/h3,5,9,13,15-17,24H,4,6-8,10-12H2,1-2H3,(H,21,23)/b5-3-,14-9-/t13-,15-,16?,17?,20+/m1/s1. The first-order valence-corrected chi connectivity index (χ1v) is 10.7. The van der Waals surface area contributed by atoms with Gasteiger partial charge in [0.05, 0.1) is 12.1 Å². The van der Waals surface area contributed by atoms with Gasteiger partial charge in [-0.05, 0) is 38.5 Å². The van der Waals surface area contributed by atoms with Crippen molar-refractivity contribution in [3.8, 4) is 0 Å². The second kappa shape index (κ2) is 8.80. The van der Waals surface area contributed by atoms with Crippen LogP contribution in [-0.2, 0) is 14.3 Å². The molecule has 2 unspecified atom stereocenters. The molecule has 2 N–H and O–H groups in total. The summed E-state index contributed by atoms with van der Waals surface area (Å²) in [6.07, 6.45) is 9.42. The third kappa shape index (κ3) is 5.59. The van der Waals surface area contributed by atoms with Gasteiger partial charge in [-0.2, -0.15) is 0 Å². The molecule has 3 rings (SSSR count). The lowest BCUT2D eigenvalue weighted by atomic mass is 9.90. The van der Waals surface area contributed by atoms with Crippen molar-refractivity contribution in [3.63, 3.8) is 0 Å². The van der Waals surface area contributed by atoms with Crippen LogP contribution >= 0.6 is 11.8 Å². The molecule has 0 radical (unpaired) electrons. The Hall–Kier alpha value is -1.31. The van der Waals surface area contributed by atoms with Gasteiger partial charge in [0.2, 0.25) is 0 Å². The summed E-state index contributed by atoms with van der Waals surface area (Å²) in [7, 11) is 0. The van der Waals surface area contributed by atoms with Crippen molar-refractivity contribution in [3.05, 3.63) is 23.8 Å². The Morgan fingerprint density at radius 1 is 1.30 bits per heavy atom. The number of carbonyl (C=O) groups excluding carboxylic acids is 2. The van der Waals surface area contributed by atoms with Crippen LogP contribution in [-0.4, -0.2) is 46.1 Å². The maximum absolute atomic E-state index is 12.3. The van der Waals surface area contributed by atoms with Gasteiger partial charge < -0.3 is 19.9 Å². The fourth-order valence-electron chi connectivity index (χ4n) is 3.86. The maximum Gasteiger partial charge on any atom is 0.330 e. The highest BCUT2D eigenvalue weighted by atomic mass is 32.2. The molecule has 0 aromatic carbocycles. The van der Waals surface area contributed by atoms with Crippen LogP contribution in [0, 0.1) is 5.92 Å². The van der Waals surface area contributed by atoms with E-state index in [0.717, 1.165) is 43.0 Å². The van der Waals surface area contributed by atoms with Gasteiger partial charge in [0, 0.05) is 24.7 Å². The van der Waals surface area contributed by atoms with Gasteiger partial charge in [-0.1, -0.05) is 36.4 Å². The van der Waals surface area contributed by atoms with Crippen molar-refractivity contribution in [2.24, 2.45) is 5.92 Å². The summed E-state index contributed by atoms with van der Waals surface area (Å²) in [4.78, 5) is 23.9. The summed E-state index contributed by atoms with van der Waals surface area (Å²) in [5.74, 6) is -1.03. The predicted molar refractivity (Wildman–Crippen MR) is 104 cm³/mol. The molecule has 3 aliphatic heterocycles. The highest BCUT2D eigenvalue weighted by Gasteiger charge is 2.49. The molecule has 0 aliphatic carbocycles. The zero-order valence-electron chi connectivity index (χ0n) is 16.0. The quantitative estimate of drug-likeness (QED) is 0.523. The van der Waals surface area contributed by atoms with Gasteiger partial charge in [-0.3, -0.25) is 4.79 Å². The third-order valence-electron chi connectivity index (χ3n) is 5.40. The number of rotatable bonds is 1. The minimum Gasteiger partial charge on any atom is -0.459 e. The number of hydrogen-bond acceptors (Lipinski definition) is 6. The Labute approximate surface area is 164 Å². The first-order chi connectivity index (χ1) is 12.8. The molecule has 3 heterocycles. The lowest BCUT2D eigenvalue weighted by molar-refractivity contribution is -0.283. The lowest BCUT2D eigenvalue weighted by Crippen LogP contribution is -2.58. The molecule has 0 aromatic heterocycles. The predicted octanol–water partition coefficient (Wildman–Crippen LogP) is 3.30. The number of thioether (sulfide) groups is 1. The van der Waals surface area contributed by atoms with Gasteiger partial charge in [0.1, 0.15) is 6.10 Å². The van der Waals surface area contributed by atoms with Crippen LogP contribution in [0.2, 0.25) is 0 Å². The summed E-state index contributed by atoms with van der Waals surface area (Å²) in [5.41, 5.74) is 0.979. The molecule has 27 heavy (non-hydrogen) atoms. The van der Waals surface area contributed by atoms with E-state index >= 15 is 0 Å². The van der Waals surface area contributed by atoms with Crippen LogP contribution < -0.4 is 5.32 Å². The number of nitrogens with one attached hydrogen (secondary N) is 1. The van der Waals surface area contributed by atoms with Crippen molar-refractivity contribution in [2.75, 3.05) is 5.75 Å². The van der Waals surface area contributed by atoms with Crippen LogP contribution in [0.4, 0.5) is 4.79 Å². The summed E-state index contributed by atoms with van der Waals surface area (Å²) in [5, 5.41) is 13.7. The molecule has 3 aliphatic rings. The average Bonchev–Trinajstić information content (AvgIpc) is 3.03. The molecule has 0 spiro atoms. The number of esters is 1. The monoisotopic (exact) mass is 395 g/mol. The maximum atomic E-state index is 12.3. The summed E-state index contributed by atoms with van der Waals surface area (Å²) >= 11 is 1.14. The van der Waals surface area contributed by atoms with Gasteiger partial charge in [-0.15, -0.1) is 0 Å². The van der Waals surface area contributed by atoms with Crippen LogP contribution in [0.25, 0.3) is 0 Å². The number of carbonyl (C=O) groups is 2. The zero-order valence-corrected chi connectivity index (χ0v) is 16.8. The first kappa shape index (κ1) is 20.4. The van der Waals surface area contributed by atoms with E-state index in [9.17, 15) is 14.7 Å². The Balaban J connectivity index is 1.78. The molecule has 1 amide bonds. The number of amides is 1. The van der Waals surface area contributed by atoms with E-state index in [1.54, 1.807) is 6.08 Å². The van der Waals surface area contributed by atoms with E-state index in [0.29, 0.717) is 18.1 Å². The van der Waals surface area contributed by atoms with E-state index in [4.69, 9.17) is 9.47 Å². The second-order valence-electron chi connectivity index (χ2n) is 7.89. The van der Waals surface area contributed by atoms with Crippen LogP contribution in [0.1, 0.15) is 52.4 Å². The van der Waals surface area contributed by atoms with Gasteiger partial charge >= 0.3 is 5.97 Å². The van der Waals surface area contributed by atoms with E-state index in [1.165, 1.54) is 0 Å². The SMILES string of the molecule is C/C1=C/C(=O)OC2C[C@@H](CC[C@H](C)/C=C\CC1)O[C@](O)(C1CSC(=O)N1)C2. The molecule has 6 nitrogen and oxygen atoms in total. The molecular weight excluding hydrogens is 366 g/mol. The Morgan fingerprint density at radius 2 is 2.11 bits per heavy atom. The number of hydrogen-bond donors (Lipinski definition) is 2. The molecule has 2 saturated heterocycles. The molecule has 5 atom stereocenters. The van der Waals surface area contributed by atoms with Crippen molar-refractivity contribution in [2.45, 2.75) is 76.4 Å². The number of aliphatic hydroxyl groups is 1. The fraction of sp³-hybridized carbons (Fsp3) is 0.700. The Kier molecular flexibility index (Phi) is 6.65. The number of ether oxygens (including phenoxy) is 2. The van der Waals surface area contributed by atoms with Crippen molar-refractivity contribution in [1.82, 2.24) is 5.32 Å². The largest absolute Gasteiger partial charge is 0.459 e. The normalized spacial score (nSPS) is 41.7. The minimum absolute atomic E-state index is 0.160. The number of allylic oxidation sites excluding steroid dienone is 3.